The molecule has 126 valence electrons. The van der Waals surface area contributed by atoms with Crippen LogP contribution in [-0.2, 0) is 17.3 Å². The molecule has 24 heavy (non-hydrogen) atoms. The number of likely N-dealkylation sites (tertiary alicyclic amines) is 1. The molecule has 1 aliphatic rings. The normalized spacial score (nSPS) is 16.3. The van der Waals surface area contributed by atoms with Crippen LogP contribution >= 0.6 is 0 Å². The van der Waals surface area contributed by atoms with Gasteiger partial charge in [-0.3, -0.25) is 9.00 Å². The molecule has 1 amide bonds. The van der Waals surface area contributed by atoms with Gasteiger partial charge in [-0.2, -0.15) is 0 Å². The molecule has 1 heterocycles. The molecule has 0 bridgehead atoms. The van der Waals surface area contributed by atoms with Gasteiger partial charge in [0.15, 0.2) is 0 Å². The fraction of sp³-hybridized carbons (Fsp3) is 0.500. The van der Waals surface area contributed by atoms with Gasteiger partial charge in [-0.1, -0.05) is 17.2 Å². The van der Waals surface area contributed by atoms with Crippen LogP contribution < -0.4 is 0 Å². The zero-order valence-corrected chi connectivity index (χ0v) is 14.2. The molecule has 0 aromatic heterocycles. The van der Waals surface area contributed by atoms with Gasteiger partial charge in [0.05, 0.1) is 6.54 Å². The lowest BCUT2D eigenvalue weighted by atomic mass is 9.83. The Morgan fingerprint density at radius 3 is 2.62 bits per heavy atom. The number of rotatable bonds is 6. The maximum atomic E-state index is 12.6. The highest BCUT2D eigenvalue weighted by atomic mass is 32.2. The van der Waals surface area contributed by atoms with E-state index in [1.54, 1.807) is 23.3 Å². The van der Waals surface area contributed by atoms with Gasteiger partial charge < -0.3 is 4.90 Å². The topological polar surface area (TPSA) is 135 Å². The van der Waals surface area contributed by atoms with Crippen LogP contribution in [-0.4, -0.2) is 40.1 Å². The van der Waals surface area contributed by atoms with Gasteiger partial charge in [0.1, 0.15) is 0 Å². The van der Waals surface area contributed by atoms with Crippen LogP contribution in [0, 0.1) is 5.41 Å². The highest BCUT2D eigenvalue weighted by Crippen LogP contribution is 2.32. The SMILES string of the molecule is CS(=O)CC1(C)CN(C(=O)c2cc(CN=[N+]=[N-])cc(N=[N+]=[N-])c2)C1. The van der Waals surface area contributed by atoms with Gasteiger partial charge >= 0.3 is 0 Å². The third kappa shape index (κ3) is 4.26. The van der Waals surface area contributed by atoms with Crippen molar-refractivity contribution in [2.24, 2.45) is 15.6 Å². The molecule has 0 saturated carbocycles. The van der Waals surface area contributed by atoms with E-state index in [1.807, 2.05) is 6.92 Å². The Morgan fingerprint density at radius 2 is 2.04 bits per heavy atom. The zero-order valence-electron chi connectivity index (χ0n) is 13.4. The zero-order chi connectivity index (χ0) is 17.7. The minimum atomic E-state index is -0.910. The standard InChI is InChI=1S/C14H17N7O2S/c1-14(9-24(2)23)7-21(8-14)13(22)11-3-10(6-17-19-15)4-12(5-11)18-20-16/h3-5H,6-9H2,1-2H3. The second-order valence-corrected chi connectivity index (χ2v) is 7.59. The molecule has 0 radical (unpaired) electrons. The molecule has 0 spiro atoms. The van der Waals surface area contributed by atoms with Gasteiger partial charge in [0.2, 0.25) is 0 Å². The summed E-state index contributed by atoms with van der Waals surface area (Å²) in [5.74, 6) is 0.365. The van der Waals surface area contributed by atoms with E-state index < -0.39 is 10.8 Å². The number of carbonyl (C=O) groups is 1. The maximum Gasteiger partial charge on any atom is 0.253 e. The van der Waals surface area contributed by atoms with Crippen molar-refractivity contribution in [3.05, 3.63) is 50.2 Å². The van der Waals surface area contributed by atoms with E-state index in [4.69, 9.17) is 11.1 Å². The first-order valence-corrected chi connectivity index (χ1v) is 8.89. The predicted octanol–water partition coefficient (Wildman–Crippen LogP) is 3.28. The number of nitrogens with zero attached hydrogens (tertiary/aromatic N) is 7. The first-order chi connectivity index (χ1) is 11.4. The van der Waals surface area contributed by atoms with Crippen molar-refractivity contribution in [2.45, 2.75) is 13.5 Å². The molecule has 1 atom stereocenters. The number of hydrogen-bond donors (Lipinski definition) is 0. The Labute approximate surface area is 141 Å². The van der Waals surface area contributed by atoms with Crippen molar-refractivity contribution in [3.63, 3.8) is 0 Å². The lowest BCUT2D eigenvalue weighted by Crippen LogP contribution is -2.59. The van der Waals surface area contributed by atoms with Crippen molar-refractivity contribution >= 4 is 22.4 Å². The Hall–Kier alpha value is -2.54. The van der Waals surface area contributed by atoms with Crippen LogP contribution in [0.2, 0.25) is 0 Å². The van der Waals surface area contributed by atoms with Crippen molar-refractivity contribution in [3.8, 4) is 0 Å². The second kappa shape index (κ2) is 7.35. The molecule has 2 rings (SSSR count). The molecule has 0 N–H and O–H groups in total. The fourth-order valence-corrected chi connectivity index (χ4v) is 4.06. The van der Waals surface area contributed by atoms with E-state index in [-0.39, 0.29) is 17.9 Å². The first kappa shape index (κ1) is 17.8. The van der Waals surface area contributed by atoms with E-state index in [0.717, 1.165) is 0 Å². The number of carbonyl (C=O) groups excluding carboxylic acids is 1. The summed E-state index contributed by atoms with van der Waals surface area (Å²) in [5, 5.41) is 6.99. The second-order valence-electron chi connectivity index (χ2n) is 6.16. The summed E-state index contributed by atoms with van der Waals surface area (Å²) >= 11 is 0. The molecule has 1 aliphatic heterocycles. The summed E-state index contributed by atoms with van der Waals surface area (Å²) in [6.45, 7) is 3.13. The van der Waals surface area contributed by atoms with E-state index in [9.17, 15) is 9.00 Å². The van der Waals surface area contributed by atoms with Crippen molar-refractivity contribution in [1.82, 2.24) is 4.90 Å². The van der Waals surface area contributed by atoms with Gasteiger partial charge in [0, 0.05) is 62.4 Å². The Bertz CT molecular complexity index is 775. The summed E-state index contributed by atoms with van der Waals surface area (Å²) in [7, 11) is -0.910. The van der Waals surface area contributed by atoms with E-state index >= 15 is 0 Å². The van der Waals surface area contributed by atoms with Crippen LogP contribution in [0.15, 0.2) is 28.4 Å². The third-order valence-corrected chi connectivity index (χ3v) is 4.79. The quantitative estimate of drug-likeness (QED) is 0.443. The molecule has 1 unspecified atom stereocenters. The van der Waals surface area contributed by atoms with Crippen LogP contribution in [0.1, 0.15) is 22.8 Å². The molecule has 1 aromatic carbocycles. The largest absolute Gasteiger partial charge is 0.337 e. The first-order valence-electron chi connectivity index (χ1n) is 7.16. The maximum absolute atomic E-state index is 12.6. The van der Waals surface area contributed by atoms with Gasteiger partial charge in [-0.05, 0) is 34.8 Å². The summed E-state index contributed by atoms with van der Waals surface area (Å²) < 4.78 is 11.4. The summed E-state index contributed by atoms with van der Waals surface area (Å²) in [5.41, 5.74) is 18.1. The molecular formula is C14H17N7O2S. The van der Waals surface area contributed by atoms with Gasteiger partial charge in [-0.15, -0.1) is 0 Å². The van der Waals surface area contributed by atoms with Crippen molar-refractivity contribution in [1.29, 1.82) is 0 Å². The molecule has 1 saturated heterocycles. The van der Waals surface area contributed by atoms with Crippen LogP contribution in [0.5, 0.6) is 0 Å². The Balaban J connectivity index is 2.20. The fourth-order valence-electron chi connectivity index (χ4n) is 2.89. The highest BCUT2D eigenvalue weighted by molar-refractivity contribution is 7.84. The van der Waals surface area contributed by atoms with Crippen LogP contribution in [0.3, 0.4) is 0 Å². The predicted molar refractivity (Wildman–Crippen MR) is 91.0 cm³/mol. The number of benzene rings is 1. The van der Waals surface area contributed by atoms with Crippen molar-refractivity contribution in [2.75, 3.05) is 25.1 Å². The van der Waals surface area contributed by atoms with Crippen LogP contribution in [0.25, 0.3) is 20.9 Å². The summed E-state index contributed by atoms with van der Waals surface area (Å²) in [4.78, 5) is 19.7. The average molecular weight is 347 g/mol. The molecule has 0 aliphatic carbocycles. The number of amides is 1. The van der Waals surface area contributed by atoms with E-state index in [2.05, 4.69) is 20.1 Å². The summed E-state index contributed by atoms with van der Waals surface area (Å²) in [6.07, 6.45) is 1.65. The highest BCUT2D eigenvalue weighted by Gasteiger charge is 2.42. The lowest BCUT2D eigenvalue weighted by molar-refractivity contribution is 0.0253. The Morgan fingerprint density at radius 1 is 1.33 bits per heavy atom. The molecule has 1 aromatic rings. The minimum absolute atomic E-state index is 0.0676. The molecular weight excluding hydrogens is 330 g/mol. The lowest BCUT2D eigenvalue weighted by Gasteiger charge is -2.47. The van der Waals surface area contributed by atoms with E-state index in [1.165, 1.54) is 6.07 Å². The summed E-state index contributed by atoms with van der Waals surface area (Å²) in [6, 6.07) is 4.71. The Kier molecular flexibility index (Phi) is 5.46. The monoisotopic (exact) mass is 347 g/mol. The minimum Gasteiger partial charge on any atom is -0.337 e. The number of azide groups is 2. The van der Waals surface area contributed by atoms with Gasteiger partial charge in [0.25, 0.3) is 5.91 Å². The van der Waals surface area contributed by atoms with Crippen molar-refractivity contribution < 1.29 is 9.00 Å². The molecule has 1 fully saturated rings. The van der Waals surface area contributed by atoms with E-state index in [0.29, 0.717) is 35.7 Å². The van der Waals surface area contributed by atoms with Gasteiger partial charge in [-0.25, -0.2) is 0 Å². The molecule has 10 heteroatoms. The smallest absolute Gasteiger partial charge is 0.253 e. The third-order valence-electron chi connectivity index (χ3n) is 3.69. The average Bonchev–Trinajstić information content (AvgIpc) is 2.49. The number of hydrogen-bond acceptors (Lipinski definition) is 4. The molecule has 9 nitrogen and oxygen atoms in total. The van der Waals surface area contributed by atoms with Crippen LogP contribution in [0.4, 0.5) is 5.69 Å².